The Hall–Kier alpha value is -5.34. The number of likely N-dealkylation sites (tertiary alicyclic amines) is 1. The molecule has 4 atom stereocenters. The van der Waals surface area contributed by atoms with Gasteiger partial charge in [-0.1, -0.05) is 19.9 Å². The van der Waals surface area contributed by atoms with Crippen molar-refractivity contribution in [1.29, 1.82) is 5.26 Å². The van der Waals surface area contributed by atoms with E-state index in [1.54, 1.807) is 55.3 Å². The highest BCUT2D eigenvalue weighted by molar-refractivity contribution is 7.81. The molecule has 3 aliphatic rings. The number of amides is 4. The number of piperidine rings is 2. The van der Waals surface area contributed by atoms with Gasteiger partial charge in [-0.05, 0) is 108 Å². The molecule has 4 heterocycles. The van der Waals surface area contributed by atoms with Crippen LogP contribution >= 0.6 is 12.6 Å². The largest absolute Gasteiger partial charge is 0.477 e. The lowest BCUT2D eigenvalue weighted by Crippen LogP contribution is -2.49. The Morgan fingerprint density at radius 1 is 1.07 bits per heavy atom. The quantitative estimate of drug-likeness (QED) is 0.110. The number of nitriles is 1. The number of imide groups is 1. The lowest BCUT2D eigenvalue weighted by molar-refractivity contribution is -0.138. The molecule has 0 spiro atoms. The van der Waals surface area contributed by atoms with Gasteiger partial charge in [0.15, 0.2) is 5.50 Å². The van der Waals surface area contributed by atoms with Gasteiger partial charge in [0, 0.05) is 41.1 Å². The molecule has 6 rings (SSSR count). The number of benzene rings is 2. The van der Waals surface area contributed by atoms with Gasteiger partial charge in [0.25, 0.3) is 5.91 Å². The molecule has 17 heteroatoms. The normalized spacial score (nSPS) is 23.4. The van der Waals surface area contributed by atoms with E-state index in [1.807, 2.05) is 19.9 Å². The minimum atomic E-state index is -4.79. The van der Waals surface area contributed by atoms with Crippen LogP contribution < -0.4 is 30.5 Å². The zero-order chi connectivity index (χ0) is 43.7. The average Bonchev–Trinajstić information content (AvgIpc) is 3.35. The molecule has 13 nitrogen and oxygen atoms in total. The third kappa shape index (κ3) is 9.49. The molecule has 320 valence electrons. The first kappa shape index (κ1) is 44.2. The number of nitrogens with one attached hydrogen (secondary N) is 3. The second kappa shape index (κ2) is 17.7. The van der Waals surface area contributed by atoms with E-state index in [4.69, 9.17) is 17.4 Å². The summed E-state index contributed by atoms with van der Waals surface area (Å²) in [5, 5.41) is 17.7. The molecule has 2 aromatic carbocycles. The molecule has 3 aromatic rings. The molecule has 0 saturated carbocycles. The summed E-state index contributed by atoms with van der Waals surface area (Å²) < 4.78 is 47.8. The van der Waals surface area contributed by atoms with Crippen LogP contribution in [-0.2, 0) is 25.4 Å². The van der Waals surface area contributed by atoms with E-state index in [0.29, 0.717) is 41.9 Å². The minimum Gasteiger partial charge on any atom is -0.477 e. The first-order valence-corrected chi connectivity index (χ1v) is 20.6. The zero-order valence-electron chi connectivity index (χ0n) is 34.5. The Kier molecular flexibility index (Phi) is 13.1. The maximum Gasteiger partial charge on any atom is 0.417 e. The number of carbonyl (C=O) groups excluding carboxylic acids is 4. The van der Waals surface area contributed by atoms with E-state index in [0.717, 1.165) is 37.0 Å². The van der Waals surface area contributed by atoms with Gasteiger partial charge in [-0.2, -0.15) is 18.4 Å². The van der Waals surface area contributed by atoms with Gasteiger partial charge in [-0.25, -0.2) is 4.98 Å². The number of pyridine rings is 1. The summed E-state index contributed by atoms with van der Waals surface area (Å²) in [6, 6.07) is 13.5. The maximum absolute atomic E-state index is 13.8. The van der Waals surface area contributed by atoms with Crippen LogP contribution in [-0.4, -0.2) is 75.8 Å². The number of aromatic nitrogens is 1. The Labute approximate surface area is 353 Å². The standard InChI is InChI=1S/C43H51F3N8O5S/c1-24(2)33-19-32(54-41(60)53(40(58)42(54,5)6)31-11-10-28(21-47)34(20-31)43(44,45)46)22-48-39(33)59-15-14-27-16-25(3)52(26(4)17-27)23-37(56)50-30-9-7-8-29(18-30)49-35-12-13-36(55)51-38(35)57/h7-11,18-20,22,24-27,35,41,49,60H,12-17,23H2,1-6H3,(H,50,56)(H,51,55,57). The van der Waals surface area contributed by atoms with Crippen molar-refractivity contribution in [3.8, 4) is 11.9 Å². The summed E-state index contributed by atoms with van der Waals surface area (Å²) in [5.41, 5.74) is -1.26. The Balaban J connectivity index is 1.05. The van der Waals surface area contributed by atoms with Gasteiger partial charge in [0.1, 0.15) is 11.6 Å². The average molecular weight is 849 g/mol. The third-order valence-electron chi connectivity index (χ3n) is 11.6. The summed E-state index contributed by atoms with van der Waals surface area (Å²) in [5.74, 6) is -0.477. The zero-order valence-corrected chi connectivity index (χ0v) is 35.4. The number of hydrogen-bond acceptors (Lipinski definition) is 11. The number of thiol groups is 1. The molecule has 0 radical (unpaired) electrons. The molecule has 3 saturated heterocycles. The fourth-order valence-electron chi connectivity index (χ4n) is 8.47. The SMILES string of the molecule is CC(C)c1cc(N2C(S)N(c3ccc(C#N)c(C(F)(F)F)c3)C(=O)C2(C)C)cnc1OCCC1CC(C)N(CC(=O)Nc2cccc(NC3CCC(=O)NC3=O)c2)C(C)C1. The van der Waals surface area contributed by atoms with Crippen LogP contribution in [0.1, 0.15) is 96.3 Å². The topological polar surface area (TPSA) is 160 Å². The molecular weight excluding hydrogens is 798 g/mol. The van der Waals surface area contributed by atoms with E-state index in [2.05, 4.69) is 39.7 Å². The molecule has 60 heavy (non-hydrogen) atoms. The number of alkyl halides is 3. The number of hydrogen-bond donors (Lipinski definition) is 4. The maximum atomic E-state index is 13.8. The summed E-state index contributed by atoms with van der Waals surface area (Å²) in [6.07, 6.45) is -0.0300. The van der Waals surface area contributed by atoms with Crippen molar-refractivity contribution >= 4 is 59.0 Å². The number of halogens is 3. The van der Waals surface area contributed by atoms with Crippen molar-refractivity contribution in [3.05, 3.63) is 71.4 Å². The van der Waals surface area contributed by atoms with Gasteiger partial charge in [0.05, 0.1) is 42.2 Å². The summed E-state index contributed by atoms with van der Waals surface area (Å²) in [4.78, 5) is 60.5. The number of ether oxygens (including phenoxy) is 1. The highest BCUT2D eigenvalue weighted by atomic mass is 32.1. The van der Waals surface area contributed by atoms with Crippen LogP contribution in [0.5, 0.6) is 5.88 Å². The second-order valence-electron chi connectivity index (χ2n) is 16.7. The van der Waals surface area contributed by atoms with Crippen molar-refractivity contribution in [2.45, 2.75) is 115 Å². The van der Waals surface area contributed by atoms with Gasteiger partial charge < -0.3 is 20.3 Å². The molecule has 4 unspecified atom stereocenters. The molecule has 0 bridgehead atoms. The molecule has 3 aliphatic heterocycles. The summed E-state index contributed by atoms with van der Waals surface area (Å²) in [6.45, 7) is 12.2. The Bertz CT molecular complexity index is 2170. The molecule has 4 amide bonds. The van der Waals surface area contributed by atoms with E-state index in [1.165, 1.54) is 11.0 Å². The second-order valence-corrected chi connectivity index (χ2v) is 17.1. The van der Waals surface area contributed by atoms with Crippen molar-refractivity contribution in [1.82, 2.24) is 15.2 Å². The van der Waals surface area contributed by atoms with Crippen molar-refractivity contribution in [2.75, 3.05) is 33.6 Å². The fraction of sp³-hybridized carbons (Fsp3) is 0.488. The first-order chi connectivity index (χ1) is 28.3. The van der Waals surface area contributed by atoms with Crippen molar-refractivity contribution in [3.63, 3.8) is 0 Å². The predicted octanol–water partition coefficient (Wildman–Crippen LogP) is 7.05. The number of rotatable bonds is 12. The minimum absolute atomic E-state index is 0.0188. The number of nitrogens with zero attached hydrogens (tertiary/aromatic N) is 5. The van der Waals surface area contributed by atoms with Crippen LogP contribution in [0.3, 0.4) is 0 Å². The van der Waals surface area contributed by atoms with Gasteiger partial charge in [-0.15, -0.1) is 12.6 Å². The molecule has 1 aromatic heterocycles. The van der Waals surface area contributed by atoms with Gasteiger partial charge >= 0.3 is 6.18 Å². The first-order valence-electron chi connectivity index (χ1n) is 20.1. The monoisotopic (exact) mass is 848 g/mol. The fourth-order valence-corrected chi connectivity index (χ4v) is 9.13. The highest BCUT2D eigenvalue weighted by Gasteiger charge is 2.52. The van der Waals surface area contributed by atoms with Gasteiger partial charge in [0.2, 0.25) is 23.6 Å². The lowest BCUT2D eigenvalue weighted by Gasteiger charge is -2.42. The third-order valence-corrected chi connectivity index (χ3v) is 12.0. The summed E-state index contributed by atoms with van der Waals surface area (Å²) >= 11 is 4.73. The van der Waals surface area contributed by atoms with Crippen LogP contribution in [0.15, 0.2) is 54.7 Å². The molecule has 3 N–H and O–H groups in total. The van der Waals surface area contributed by atoms with Crippen molar-refractivity contribution in [2.24, 2.45) is 5.92 Å². The van der Waals surface area contributed by atoms with E-state index < -0.39 is 40.3 Å². The van der Waals surface area contributed by atoms with Crippen LogP contribution in [0, 0.1) is 17.2 Å². The van der Waals surface area contributed by atoms with Crippen LogP contribution in [0.2, 0.25) is 0 Å². The number of carbonyl (C=O) groups is 4. The Morgan fingerprint density at radius 3 is 2.42 bits per heavy atom. The predicted molar refractivity (Wildman–Crippen MR) is 225 cm³/mol. The number of anilines is 4. The highest BCUT2D eigenvalue weighted by Crippen LogP contribution is 2.43. The molecule has 0 aliphatic carbocycles. The van der Waals surface area contributed by atoms with E-state index in [-0.39, 0.29) is 54.4 Å². The molecular formula is C43H51F3N8O5S. The van der Waals surface area contributed by atoms with E-state index >= 15 is 0 Å². The smallest absolute Gasteiger partial charge is 0.417 e. The van der Waals surface area contributed by atoms with E-state index in [9.17, 15) is 37.6 Å². The molecule has 3 fully saturated rings. The summed E-state index contributed by atoms with van der Waals surface area (Å²) in [7, 11) is 0. The lowest BCUT2D eigenvalue weighted by atomic mass is 9.85. The van der Waals surface area contributed by atoms with Crippen LogP contribution in [0.4, 0.5) is 35.9 Å². The van der Waals surface area contributed by atoms with Crippen LogP contribution in [0.25, 0.3) is 0 Å². The van der Waals surface area contributed by atoms with Crippen molar-refractivity contribution < 1.29 is 37.1 Å². The van der Waals surface area contributed by atoms with Gasteiger partial charge in [-0.3, -0.25) is 34.3 Å². The Morgan fingerprint density at radius 2 is 1.77 bits per heavy atom.